The molecule has 0 aliphatic carbocycles. The minimum absolute atomic E-state index is 1.07. The molecule has 0 aromatic carbocycles. The fourth-order valence-electron chi connectivity index (χ4n) is 0.544. The molecule has 0 aliphatic heterocycles. The molecule has 0 radical (unpaired) electrons. The highest BCUT2D eigenvalue weighted by molar-refractivity contribution is 4.90. The number of hydrogen-bond acceptors (Lipinski definition) is 2. The number of rotatable bonds is 0. The van der Waals surface area contributed by atoms with Crippen molar-refractivity contribution in [3.8, 4) is 0 Å². The highest BCUT2D eigenvalue weighted by atomic mass is 15.0. The zero-order valence-corrected chi connectivity index (χ0v) is 6.13. The molecule has 0 spiro atoms. The van der Waals surface area contributed by atoms with E-state index in [2.05, 4.69) is 10.7 Å². The Balaban J connectivity index is 0.000000291. The molecule has 0 amide bonds. The Kier molecular flexibility index (Phi) is 3.71. The number of aromatic nitrogens is 2. The summed E-state index contributed by atoms with van der Waals surface area (Å²) >= 11 is 0. The summed E-state index contributed by atoms with van der Waals surface area (Å²) in [7, 11) is 3.46. The molecule has 1 heterocycles. The van der Waals surface area contributed by atoms with Crippen molar-refractivity contribution in [2.75, 3.05) is 7.05 Å². The first-order valence-electron chi connectivity index (χ1n) is 2.81. The highest BCUT2D eigenvalue weighted by Gasteiger charge is 1.81. The van der Waals surface area contributed by atoms with Gasteiger partial charge < -0.3 is 10.3 Å². The molecule has 1 rings (SSSR count). The maximum atomic E-state index is 4.50. The molecule has 9 heavy (non-hydrogen) atoms. The summed E-state index contributed by atoms with van der Waals surface area (Å²) in [6.07, 6.45) is 3.76. The summed E-state index contributed by atoms with van der Waals surface area (Å²) < 4.78 is 1.93. The molecule has 0 fully saturated rings. The number of hydrogen-bond donors (Lipinski definition) is 1. The van der Waals surface area contributed by atoms with E-state index in [9.17, 15) is 0 Å². The van der Waals surface area contributed by atoms with Crippen LogP contribution in [-0.2, 0) is 7.05 Å². The van der Waals surface area contributed by atoms with Gasteiger partial charge in [-0.05, 0) is 14.0 Å². The summed E-state index contributed by atoms with van der Waals surface area (Å²) in [4.78, 5) is 3.98. The predicted octanol–water partition coefficient (Wildman–Crippen LogP) is 0.303. The summed E-state index contributed by atoms with van der Waals surface area (Å²) in [5.41, 5.74) is 5.57. The van der Waals surface area contributed by atoms with Crippen LogP contribution in [0.3, 0.4) is 0 Å². The van der Waals surface area contributed by atoms with Gasteiger partial charge in [-0.2, -0.15) is 0 Å². The van der Waals surface area contributed by atoms with Gasteiger partial charge in [-0.3, -0.25) is 0 Å². The maximum Gasteiger partial charge on any atom is 0.0946 e. The van der Waals surface area contributed by atoms with Crippen LogP contribution < -0.4 is 5.73 Å². The van der Waals surface area contributed by atoms with Crippen molar-refractivity contribution in [1.82, 2.24) is 9.55 Å². The Morgan fingerprint density at radius 1 is 1.56 bits per heavy atom. The fourth-order valence-corrected chi connectivity index (χ4v) is 0.544. The number of imidazole rings is 1. The van der Waals surface area contributed by atoms with E-state index in [1.165, 1.54) is 7.05 Å². The van der Waals surface area contributed by atoms with Crippen LogP contribution in [0.1, 0.15) is 5.69 Å². The average Bonchev–Trinajstić information content (AvgIpc) is 2.20. The monoisotopic (exact) mass is 127 g/mol. The van der Waals surface area contributed by atoms with Gasteiger partial charge in [0.05, 0.1) is 12.0 Å². The number of nitrogens with zero attached hydrogens (tertiary/aromatic N) is 2. The van der Waals surface area contributed by atoms with Gasteiger partial charge in [0, 0.05) is 13.2 Å². The molecule has 52 valence electrons. The van der Waals surface area contributed by atoms with Crippen molar-refractivity contribution in [2.45, 2.75) is 6.92 Å². The van der Waals surface area contributed by atoms with Gasteiger partial charge >= 0.3 is 0 Å². The average molecular weight is 127 g/mol. The molecule has 3 heteroatoms. The van der Waals surface area contributed by atoms with Gasteiger partial charge in [-0.1, -0.05) is 0 Å². The minimum Gasteiger partial charge on any atom is -0.340 e. The van der Waals surface area contributed by atoms with Crippen LogP contribution in [0.15, 0.2) is 12.5 Å². The second-order valence-corrected chi connectivity index (χ2v) is 1.68. The van der Waals surface area contributed by atoms with E-state index >= 15 is 0 Å². The summed E-state index contributed by atoms with van der Waals surface area (Å²) in [5.74, 6) is 0. The van der Waals surface area contributed by atoms with E-state index in [4.69, 9.17) is 0 Å². The van der Waals surface area contributed by atoms with Gasteiger partial charge in [0.15, 0.2) is 0 Å². The van der Waals surface area contributed by atoms with Crippen LogP contribution in [0.2, 0.25) is 0 Å². The van der Waals surface area contributed by atoms with Crippen LogP contribution in [-0.4, -0.2) is 16.6 Å². The van der Waals surface area contributed by atoms with E-state index in [0.717, 1.165) is 5.69 Å². The Morgan fingerprint density at radius 2 is 2.11 bits per heavy atom. The topological polar surface area (TPSA) is 43.8 Å². The Labute approximate surface area is 55.5 Å². The molecule has 2 N–H and O–H groups in total. The van der Waals surface area contributed by atoms with E-state index in [-0.39, 0.29) is 0 Å². The van der Waals surface area contributed by atoms with Gasteiger partial charge in [-0.25, -0.2) is 4.98 Å². The van der Waals surface area contributed by atoms with Gasteiger partial charge in [0.25, 0.3) is 0 Å². The fraction of sp³-hybridized carbons (Fsp3) is 0.500. The third-order valence-corrected chi connectivity index (χ3v) is 0.834. The summed E-state index contributed by atoms with van der Waals surface area (Å²) in [5, 5.41) is 0. The lowest BCUT2D eigenvalue weighted by Crippen LogP contribution is -1.76. The molecule has 3 nitrogen and oxygen atoms in total. The van der Waals surface area contributed by atoms with Crippen LogP contribution in [0, 0.1) is 6.92 Å². The first-order chi connectivity index (χ1) is 4.29. The van der Waals surface area contributed by atoms with Crippen molar-refractivity contribution in [3.05, 3.63) is 18.2 Å². The Hall–Kier alpha value is -0.830. The molecule has 0 unspecified atom stereocenters. The minimum atomic E-state index is 1.07. The van der Waals surface area contributed by atoms with Crippen LogP contribution in [0.4, 0.5) is 0 Å². The second kappa shape index (κ2) is 4.09. The van der Waals surface area contributed by atoms with E-state index < -0.39 is 0 Å². The van der Waals surface area contributed by atoms with Crippen molar-refractivity contribution in [1.29, 1.82) is 0 Å². The van der Waals surface area contributed by atoms with Crippen molar-refractivity contribution in [2.24, 2.45) is 12.8 Å². The molecule has 0 saturated carbocycles. The lowest BCUT2D eigenvalue weighted by molar-refractivity contribution is 0.913. The van der Waals surface area contributed by atoms with Crippen molar-refractivity contribution < 1.29 is 0 Å². The Bertz CT molecular complexity index is 141. The lowest BCUT2D eigenvalue weighted by Gasteiger charge is -1.78. The van der Waals surface area contributed by atoms with E-state index in [1.54, 1.807) is 6.33 Å². The molecule has 0 atom stereocenters. The summed E-state index contributed by atoms with van der Waals surface area (Å²) in [6.45, 7) is 1.97. The lowest BCUT2D eigenvalue weighted by atomic mass is 10.6. The summed E-state index contributed by atoms with van der Waals surface area (Å²) in [6, 6.07) is 0. The number of nitrogens with two attached hydrogens (primary N) is 1. The molecule has 1 aromatic heterocycles. The zero-order valence-electron chi connectivity index (χ0n) is 6.13. The highest BCUT2D eigenvalue weighted by Crippen LogP contribution is 1.86. The van der Waals surface area contributed by atoms with Crippen molar-refractivity contribution in [3.63, 3.8) is 0 Å². The van der Waals surface area contributed by atoms with Gasteiger partial charge in [-0.15, -0.1) is 0 Å². The molecule has 0 aliphatic rings. The number of aryl methyl sites for hydroxylation is 2. The van der Waals surface area contributed by atoms with Crippen LogP contribution >= 0.6 is 0 Å². The van der Waals surface area contributed by atoms with Crippen LogP contribution in [0.5, 0.6) is 0 Å². The molecular weight excluding hydrogens is 114 g/mol. The largest absolute Gasteiger partial charge is 0.340 e. The molecule has 1 aromatic rings. The first-order valence-corrected chi connectivity index (χ1v) is 2.81. The van der Waals surface area contributed by atoms with E-state index in [0.29, 0.717) is 0 Å². The van der Waals surface area contributed by atoms with Crippen molar-refractivity contribution >= 4 is 0 Å². The smallest absolute Gasteiger partial charge is 0.0946 e. The van der Waals surface area contributed by atoms with Gasteiger partial charge in [0.1, 0.15) is 0 Å². The quantitative estimate of drug-likeness (QED) is 0.545. The third-order valence-electron chi connectivity index (χ3n) is 0.834. The standard InChI is InChI=1S/C5H8N2.CH5N/c1-5-3-7(2)4-6-5;1-2/h3-4H,1-2H3;2H2,1H3. The molecular formula is C6H13N3. The predicted molar refractivity (Wildman–Crippen MR) is 38.1 cm³/mol. The molecule has 0 saturated heterocycles. The van der Waals surface area contributed by atoms with E-state index in [1.807, 2.05) is 24.7 Å². The zero-order chi connectivity index (χ0) is 7.28. The normalized spacial score (nSPS) is 8.00. The van der Waals surface area contributed by atoms with Crippen LogP contribution in [0.25, 0.3) is 0 Å². The van der Waals surface area contributed by atoms with Gasteiger partial charge in [0.2, 0.25) is 0 Å². The first kappa shape index (κ1) is 8.17. The maximum absolute atomic E-state index is 4.50. The molecule has 0 bridgehead atoms. The SMILES string of the molecule is CN.Cc1cn(C)cn1. The second-order valence-electron chi connectivity index (χ2n) is 1.68. The third kappa shape index (κ3) is 2.87. The Morgan fingerprint density at radius 3 is 2.22 bits per heavy atom.